The molecule has 37 heavy (non-hydrogen) atoms. The van der Waals surface area contributed by atoms with E-state index in [1.54, 1.807) is 34.0 Å². The molecule has 1 fully saturated rings. The number of halogens is 2. The largest absolute Gasteiger partial charge is 0.437 e. The summed E-state index contributed by atoms with van der Waals surface area (Å²) >= 11 is 12.7. The molecule has 2 amide bonds. The lowest BCUT2D eigenvalue weighted by Gasteiger charge is -2.43. The van der Waals surface area contributed by atoms with Crippen molar-refractivity contribution in [1.29, 1.82) is 0 Å². The number of likely N-dealkylation sites (tertiary alicyclic amines) is 1. The first-order valence-electron chi connectivity index (χ1n) is 11.6. The van der Waals surface area contributed by atoms with Crippen LogP contribution in [0.1, 0.15) is 18.4 Å². The number of nitrogens with zero attached hydrogens (tertiary/aromatic N) is 5. The van der Waals surface area contributed by atoms with Crippen LogP contribution in [-0.2, 0) is 21.7 Å². The van der Waals surface area contributed by atoms with E-state index in [4.69, 9.17) is 33.7 Å². The highest BCUT2D eigenvalue weighted by molar-refractivity contribution is 6.44. The first-order chi connectivity index (χ1) is 17.9. The van der Waals surface area contributed by atoms with Crippen LogP contribution in [0, 0.1) is 0 Å². The van der Waals surface area contributed by atoms with Gasteiger partial charge in [-0.05, 0) is 18.2 Å². The Hall–Kier alpha value is -3.89. The summed E-state index contributed by atoms with van der Waals surface area (Å²) in [6.45, 7) is 0.880. The number of aromatic nitrogens is 4. The van der Waals surface area contributed by atoms with Gasteiger partial charge in [0, 0.05) is 55.0 Å². The molecule has 0 radical (unpaired) electrons. The van der Waals surface area contributed by atoms with E-state index < -0.39 is 11.7 Å². The molecule has 0 atom stereocenters. The summed E-state index contributed by atoms with van der Waals surface area (Å²) in [5, 5.41) is 4.03. The van der Waals surface area contributed by atoms with Crippen LogP contribution in [0.2, 0.25) is 10.0 Å². The number of ether oxygens (including phenoxy) is 1. The molecule has 188 valence electrons. The number of amides is 2. The Morgan fingerprint density at radius 1 is 1.11 bits per heavy atom. The number of hydrogen-bond donors (Lipinski definition) is 2. The van der Waals surface area contributed by atoms with E-state index in [1.165, 1.54) is 6.33 Å². The third kappa shape index (κ3) is 3.93. The summed E-state index contributed by atoms with van der Waals surface area (Å²) in [6, 6.07) is 9.04. The predicted molar refractivity (Wildman–Crippen MR) is 139 cm³/mol. The fraction of sp³-hybridized carbons (Fsp3) is 0.240. The third-order valence-corrected chi connectivity index (χ3v) is 7.78. The van der Waals surface area contributed by atoms with Gasteiger partial charge in [0.2, 0.25) is 5.91 Å². The van der Waals surface area contributed by atoms with Gasteiger partial charge in [0.15, 0.2) is 0 Å². The maximum absolute atomic E-state index is 13.4. The number of anilines is 2. The summed E-state index contributed by atoms with van der Waals surface area (Å²) in [4.78, 5) is 40.1. The van der Waals surface area contributed by atoms with Crippen molar-refractivity contribution in [2.45, 2.75) is 25.0 Å². The lowest BCUT2D eigenvalue weighted by molar-refractivity contribution is -0.136. The van der Waals surface area contributed by atoms with E-state index in [0.29, 0.717) is 64.0 Å². The van der Waals surface area contributed by atoms with Gasteiger partial charge in [0.05, 0.1) is 15.4 Å². The van der Waals surface area contributed by atoms with Gasteiger partial charge >= 0.3 is 6.09 Å². The highest BCUT2D eigenvalue weighted by Crippen LogP contribution is 2.43. The van der Waals surface area contributed by atoms with Crippen LogP contribution in [0.4, 0.5) is 16.4 Å². The van der Waals surface area contributed by atoms with Crippen LogP contribution in [0.25, 0.3) is 22.2 Å². The quantitative estimate of drug-likeness (QED) is 0.394. The number of pyridine rings is 1. The molecule has 3 aromatic heterocycles. The van der Waals surface area contributed by atoms with E-state index in [1.807, 2.05) is 18.2 Å². The Kier molecular flexibility index (Phi) is 5.65. The van der Waals surface area contributed by atoms with Gasteiger partial charge in [-0.1, -0.05) is 35.3 Å². The summed E-state index contributed by atoms with van der Waals surface area (Å²) in [7, 11) is 0. The van der Waals surface area contributed by atoms with Crippen LogP contribution in [0.15, 0.2) is 49.1 Å². The first kappa shape index (κ1) is 23.5. The Morgan fingerprint density at radius 3 is 2.73 bits per heavy atom. The van der Waals surface area contributed by atoms with Crippen LogP contribution < -0.4 is 11.1 Å². The van der Waals surface area contributed by atoms with E-state index >= 15 is 0 Å². The molecule has 1 saturated heterocycles. The SMILES string of the molecule is Nc1ncnc2c1c(-c1cccc(Cl)c1Cl)cn2CC(=O)N1CCC2(CC1)OC(=O)Nc1ncccc12. The van der Waals surface area contributed by atoms with Crippen molar-refractivity contribution in [1.82, 2.24) is 24.4 Å². The maximum Gasteiger partial charge on any atom is 0.413 e. The molecule has 5 heterocycles. The van der Waals surface area contributed by atoms with Crippen LogP contribution in [0.3, 0.4) is 0 Å². The van der Waals surface area contributed by atoms with Crippen molar-refractivity contribution in [2.75, 3.05) is 24.1 Å². The Balaban J connectivity index is 1.27. The number of nitrogens with one attached hydrogen (secondary N) is 1. The molecule has 4 aromatic rings. The molecule has 0 saturated carbocycles. The summed E-state index contributed by atoms with van der Waals surface area (Å²) in [5.41, 5.74) is 8.12. The molecular weight excluding hydrogens is 517 g/mol. The predicted octanol–water partition coefficient (Wildman–Crippen LogP) is 4.46. The topological polar surface area (TPSA) is 128 Å². The number of rotatable bonds is 3. The zero-order chi connectivity index (χ0) is 25.7. The molecule has 2 aliphatic rings. The molecule has 0 bridgehead atoms. The maximum atomic E-state index is 13.4. The number of benzene rings is 1. The fourth-order valence-corrected chi connectivity index (χ4v) is 5.55. The minimum absolute atomic E-state index is 0.0393. The molecule has 3 N–H and O–H groups in total. The monoisotopic (exact) mass is 537 g/mol. The number of nitrogens with two attached hydrogens (primary N) is 1. The second-order valence-electron chi connectivity index (χ2n) is 9.02. The summed E-state index contributed by atoms with van der Waals surface area (Å²) in [6.07, 6.45) is 5.19. The number of carbonyl (C=O) groups excluding carboxylic acids is 2. The van der Waals surface area contributed by atoms with Crippen molar-refractivity contribution in [2.24, 2.45) is 0 Å². The Labute approximate surface area is 221 Å². The van der Waals surface area contributed by atoms with Gasteiger partial charge in [-0.2, -0.15) is 0 Å². The van der Waals surface area contributed by atoms with Gasteiger partial charge in [0.1, 0.15) is 35.8 Å². The average molecular weight is 538 g/mol. The van der Waals surface area contributed by atoms with Gasteiger partial charge in [0.25, 0.3) is 0 Å². The minimum atomic E-state index is -0.805. The van der Waals surface area contributed by atoms with Crippen molar-refractivity contribution in [3.8, 4) is 11.1 Å². The highest BCUT2D eigenvalue weighted by Gasteiger charge is 2.45. The zero-order valence-corrected chi connectivity index (χ0v) is 21.0. The van der Waals surface area contributed by atoms with Crippen molar-refractivity contribution in [3.63, 3.8) is 0 Å². The van der Waals surface area contributed by atoms with Crippen molar-refractivity contribution < 1.29 is 14.3 Å². The van der Waals surface area contributed by atoms with Gasteiger partial charge in [-0.15, -0.1) is 0 Å². The van der Waals surface area contributed by atoms with Crippen LogP contribution >= 0.6 is 23.2 Å². The lowest BCUT2D eigenvalue weighted by Crippen LogP contribution is -2.50. The number of hydrogen-bond acceptors (Lipinski definition) is 7. The summed E-state index contributed by atoms with van der Waals surface area (Å²) in [5.74, 6) is 0.684. The first-order valence-corrected chi connectivity index (χ1v) is 12.4. The molecular formula is C25H21Cl2N7O3. The van der Waals surface area contributed by atoms with Gasteiger partial charge in [-0.25, -0.2) is 19.7 Å². The molecule has 0 aliphatic carbocycles. The second kappa shape index (κ2) is 8.89. The van der Waals surface area contributed by atoms with Gasteiger partial charge < -0.3 is 19.9 Å². The van der Waals surface area contributed by atoms with E-state index in [0.717, 1.165) is 5.56 Å². The number of piperidine rings is 1. The molecule has 1 spiro atoms. The molecule has 2 aliphatic heterocycles. The summed E-state index contributed by atoms with van der Waals surface area (Å²) < 4.78 is 7.49. The standard InChI is InChI=1S/C25H21Cl2N7O3/c26-17-5-1-3-14(20(17)27)15-11-34(23-19(15)21(28)30-13-31-23)12-18(35)33-9-6-25(7-10-33)16-4-2-8-29-22(16)32-24(36)37-25/h1-5,8,11,13H,6-7,9-10,12H2,(H2,28,30,31)(H,29,32,36). The van der Waals surface area contributed by atoms with Crippen molar-refractivity contribution in [3.05, 3.63) is 64.7 Å². The molecule has 12 heteroatoms. The Morgan fingerprint density at radius 2 is 1.92 bits per heavy atom. The second-order valence-corrected chi connectivity index (χ2v) is 9.80. The third-order valence-electron chi connectivity index (χ3n) is 6.96. The smallest absolute Gasteiger partial charge is 0.413 e. The number of carbonyl (C=O) groups is 2. The number of fused-ring (bicyclic) bond motifs is 3. The van der Waals surface area contributed by atoms with Gasteiger partial charge in [-0.3, -0.25) is 10.1 Å². The van der Waals surface area contributed by atoms with E-state index in [9.17, 15) is 9.59 Å². The minimum Gasteiger partial charge on any atom is -0.437 e. The molecule has 0 unspecified atom stereocenters. The highest BCUT2D eigenvalue weighted by atomic mass is 35.5. The van der Waals surface area contributed by atoms with Crippen LogP contribution in [-0.4, -0.2) is 49.5 Å². The molecule has 6 rings (SSSR count). The molecule has 1 aromatic carbocycles. The van der Waals surface area contributed by atoms with Crippen LogP contribution in [0.5, 0.6) is 0 Å². The average Bonchev–Trinajstić information content (AvgIpc) is 3.25. The fourth-order valence-electron chi connectivity index (χ4n) is 5.15. The lowest BCUT2D eigenvalue weighted by atomic mass is 9.83. The van der Waals surface area contributed by atoms with Crippen molar-refractivity contribution >= 4 is 57.9 Å². The number of nitrogen functional groups attached to an aromatic ring is 1. The Bertz CT molecular complexity index is 1560. The van der Waals surface area contributed by atoms with E-state index in [2.05, 4.69) is 20.3 Å². The zero-order valence-electron chi connectivity index (χ0n) is 19.4. The molecule has 10 nitrogen and oxygen atoms in total. The van der Waals surface area contributed by atoms with E-state index in [-0.39, 0.29) is 18.3 Å². The normalized spacial score (nSPS) is 16.4.